The van der Waals surface area contributed by atoms with Crippen LogP contribution in [0, 0.1) is 44.8 Å². The number of nitrogens with zero attached hydrogens (tertiary/aromatic N) is 1. The SMILES string of the molecule is COC(=O)[C@]1(C)CC[C@]2(C)CC[C@@]3(C)C(=CC(=O)[C@@H]4[C@@]5(C)Cc6cnoc6C(C)(C)[C@@H]5CC[C@@]43C)[C@@H]2C1. The summed E-state index contributed by atoms with van der Waals surface area (Å²) in [5.74, 6) is 1.80. The van der Waals surface area contributed by atoms with E-state index >= 15 is 0 Å². The first-order valence-electron chi connectivity index (χ1n) is 14.4. The van der Waals surface area contributed by atoms with Crippen LogP contribution >= 0.6 is 0 Å². The molecular weight excluding hydrogens is 462 g/mol. The van der Waals surface area contributed by atoms with Crippen LogP contribution in [0.4, 0.5) is 0 Å². The van der Waals surface area contributed by atoms with E-state index < -0.39 is 5.41 Å². The summed E-state index contributed by atoms with van der Waals surface area (Å²) in [5, 5.41) is 4.19. The van der Waals surface area contributed by atoms with Crippen LogP contribution in [0.2, 0.25) is 0 Å². The molecule has 202 valence electrons. The molecule has 0 spiro atoms. The molecular formula is C32H45NO4. The molecule has 0 saturated heterocycles. The first kappa shape index (κ1) is 25.4. The molecule has 5 aliphatic rings. The van der Waals surface area contributed by atoms with Crippen molar-refractivity contribution in [2.45, 2.75) is 105 Å². The molecule has 3 fully saturated rings. The Bertz CT molecular complexity index is 1210. The summed E-state index contributed by atoms with van der Waals surface area (Å²) in [4.78, 5) is 27.4. The normalized spacial score (nSPS) is 47.9. The number of rotatable bonds is 1. The first-order chi connectivity index (χ1) is 17.2. The highest BCUT2D eigenvalue weighted by Gasteiger charge is 2.70. The van der Waals surface area contributed by atoms with E-state index in [-0.39, 0.29) is 44.9 Å². The Morgan fingerprint density at radius 2 is 1.73 bits per heavy atom. The molecule has 37 heavy (non-hydrogen) atoms. The second-order valence-electron chi connectivity index (χ2n) is 15.3. The molecule has 1 aromatic rings. The number of fused-ring (bicyclic) bond motifs is 8. The third kappa shape index (κ3) is 2.95. The minimum absolute atomic E-state index is 0.0326. The summed E-state index contributed by atoms with van der Waals surface area (Å²) in [7, 11) is 1.51. The Labute approximate surface area is 222 Å². The summed E-state index contributed by atoms with van der Waals surface area (Å²) in [6.07, 6.45) is 11.9. The van der Waals surface area contributed by atoms with Crippen molar-refractivity contribution in [2.75, 3.05) is 7.11 Å². The number of methoxy groups -OCH3 is 1. The molecule has 8 atom stereocenters. The minimum atomic E-state index is -0.486. The van der Waals surface area contributed by atoms with Crippen LogP contribution < -0.4 is 0 Å². The van der Waals surface area contributed by atoms with Gasteiger partial charge in [-0.1, -0.05) is 52.3 Å². The Kier molecular flexibility index (Phi) is 5.06. The van der Waals surface area contributed by atoms with Gasteiger partial charge >= 0.3 is 5.97 Å². The fourth-order valence-electron chi connectivity index (χ4n) is 10.9. The number of allylic oxidation sites excluding steroid dienone is 2. The van der Waals surface area contributed by atoms with Gasteiger partial charge in [-0.05, 0) is 97.9 Å². The quantitative estimate of drug-likeness (QED) is 0.389. The topological polar surface area (TPSA) is 69.4 Å². The predicted octanol–water partition coefficient (Wildman–Crippen LogP) is 6.84. The fourth-order valence-corrected chi connectivity index (χ4v) is 10.9. The molecule has 0 bridgehead atoms. The zero-order valence-electron chi connectivity index (χ0n) is 24.1. The number of hydrogen-bond donors (Lipinski definition) is 0. The van der Waals surface area contributed by atoms with Crippen LogP contribution in [0.15, 0.2) is 22.4 Å². The third-order valence-corrected chi connectivity index (χ3v) is 13.2. The second-order valence-corrected chi connectivity index (χ2v) is 15.3. The number of ether oxygens (including phenoxy) is 1. The molecule has 0 aromatic carbocycles. The zero-order valence-corrected chi connectivity index (χ0v) is 24.1. The number of esters is 1. The van der Waals surface area contributed by atoms with Gasteiger partial charge in [-0.15, -0.1) is 0 Å². The van der Waals surface area contributed by atoms with Gasteiger partial charge in [0.1, 0.15) is 5.76 Å². The average Bonchev–Trinajstić information content (AvgIpc) is 3.29. The lowest BCUT2D eigenvalue weighted by molar-refractivity contribution is -0.175. The summed E-state index contributed by atoms with van der Waals surface area (Å²) in [6, 6.07) is 0. The van der Waals surface area contributed by atoms with Gasteiger partial charge in [-0.3, -0.25) is 9.59 Å². The van der Waals surface area contributed by atoms with Crippen molar-refractivity contribution < 1.29 is 18.8 Å². The zero-order chi connectivity index (χ0) is 26.8. The standard InChI is InChI=1S/C32H45NO4/c1-27(2)23-9-10-32(7)24(30(23,5)16-19-18-33-37-25(19)27)22(34)15-20-21-17-29(4,26(35)36-8)12-11-28(21,3)13-14-31(20,32)6/h15,18,21,23-24H,9-14,16-17H2,1-8H3/t21-,23-,24+,28+,29+,30-,31-,32-/m0/s1. The van der Waals surface area contributed by atoms with Crippen molar-refractivity contribution in [1.82, 2.24) is 5.16 Å². The monoisotopic (exact) mass is 507 g/mol. The number of ketones is 1. The summed E-state index contributed by atoms with van der Waals surface area (Å²) in [6.45, 7) is 16.4. The van der Waals surface area contributed by atoms with Crippen molar-refractivity contribution in [3.05, 3.63) is 29.2 Å². The average molecular weight is 508 g/mol. The van der Waals surface area contributed by atoms with Crippen molar-refractivity contribution in [1.29, 1.82) is 0 Å². The predicted molar refractivity (Wildman–Crippen MR) is 142 cm³/mol. The minimum Gasteiger partial charge on any atom is -0.469 e. The number of carbonyl (C=O) groups is 2. The van der Waals surface area contributed by atoms with Gasteiger partial charge in [-0.2, -0.15) is 0 Å². The van der Waals surface area contributed by atoms with E-state index in [0.717, 1.165) is 57.1 Å². The van der Waals surface area contributed by atoms with E-state index in [1.54, 1.807) is 0 Å². The van der Waals surface area contributed by atoms with Gasteiger partial charge in [0.2, 0.25) is 0 Å². The van der Waals surface area contributed by atoms with Crippen LogP contribution in [0.25, 0.3) is 0 Å². The van der Waals surface area contributed by atoms with Crippen LogP contribution in [0.3, 0.4) is 0 Å². The van der Waals surface area contributed by atoms with Gasteiger partial charge in [0, 0.05) is 16.9 Å². The van der Waals surface area contributed by atoms with E-state index in [9.17, 15) is 9.59 Å². The lowest BCUT2D eigenvalue weighted by Crippen LogP contribution is -2.66. The first-order valence-corrected chi connectivity index (χ1v) is 14.4. The highest BCUT2D eigenvalue weighted by molar-refractivity contribution is 5.96. The van der Waals surface area contributed by atoms with Gasteiger partial charge in [0.05, 0.1) is 18.7 Å². The molecule has 0 unspecified atom stereocenters. The lowest BCUT2D eigenvalue weighted by Gasteiger charge is -2.69. The number of hydrogen-bond acceptors (Lipinski definition) is 5. The Morgan fingerprint density at radius 3 is 2.43 bits per heavy atom. The van der Waals surface area contributed by atoms with Crippen molar-refractivity contribution >= 4 is 11.8 Å². The summed E-state index contributed by atoms with van der Waals surface area (Å²) >= 11 is 0. The maximum atomic E-state index is 14.5. The van der Waals surface area contributed by atoms with E-state index in [1.165, 1.54) is 18.2 Å². The van der Waals surface area contributed by atoms with Crippen molar-refractivity contribution in [3.8, 4) is 0 Å². The van der Waals surface area contributed by atoms with Crippen LogP contribution in [0.5, 0.6) is 0 Å². The smallest absolute Gasteiger partial charge is 0.311 e. The maximum Gasteiger partial charge on any atom is 0.311 e. The van der Waals surface area contributed by atoms with E-state index in [0.29, 0.717) is 11.7 Å². The summed E-state index contributed by atoms with van der Waals surface area (Å²) < 4.78 is 11.1. The van der Waals surface area contributed by atoms with Gasteiger partial charge in [0.15, 0.2) is 5.78 Å². The Balaban J connectivity index is 1.47. The molecule has 5 heteroatoms. The molecule has 0 aliphatic heterocycles. The molecule has 5 nitrogen and oxygen atoms in total. The number of aromatic nitrogens is 1. The molecule has 6 rings (SSSR count). The molecule has 1 heterocycles. The highest BCUT2D eigenvalue weighted by atomic mass is 16.5. The third-order valence-electron chi connectivity index (χ3n) is 13.2. The van der Waals surface area contributed by atoms with E-state index in [1.807, 2.05) is 6.20 Å². The molecule has 0 radical (unpaired) electrons. The van der Waals surface area contributed by atoms with Gasteiger partial charge in [0.25, 0.3) is 0 Å². The van der Waals surface area contributed by atoms with E-state index in [4.69, 9.17) is 9.26 Å². The van der Waals surface area contributed by atoms with Crippen molar-refractivity contribution in [2.24, 2.45) is 44.8 Å². The second kappa shape index (κ2) is 7.39. The van der Waals surface area contributed by atoms with Crippen LogP contribution in [-0.4, -0.2) is 24.0 Å². The van der Waals surface area contributed by atoms with Crippen molar-refractivity contribution in [3.63, 3.8) is 0 Å². The largest absolute Gasteiger partial charge is 0.469 e. The van der Waals surface area contributed by atoms with Crippen LogP contribution in [-0.2, 0) is 26.2 Å². The van der Waals surface area contributed by atoms with E-state index in [2.05, 4.69) is 59.7 Å². The Hall–Kier alpha value is -1.91. The number of carbonyl (C=O) groups excluding carboxylic acids is 2. The van der Waals surface area contributed by atoms with Crippen LogP contribution in [0.1, 0.15) is 105 Å². The fraction of sp³-hybridized carbons (Fsp3) is 0.781. The Morgan fingerprint density at radius 1 is 1.03 bits per heavy atom. The van der Waals surface area contributed by atoms with Gasteiger partial charge in [-0.25, -0.2) is 0 Å². The molecule has 0 N–H and O–H groups in total. The molecule has 3 saturated carbocycles. The molecule has 1 aromatic heterocycles. The maximum absolute atomic E-state index is 14.5. The summed E-state index contributed by atoms with van der Waals surface area (Å²) in [5.41, 5.74) is 1.68. The lowest BCUT2D eigenvalue weighted by atomic mass is 9.33. The van der Waals surface area contributed by atoms with Gasteiger partial charge < -0.3 is 9.26 Å². The highest BCUT2D eigenvalue weighted by Crippen LogP contribution is 2.74. The molecule has 0 amide bonds. The molecule has 5 aliphatic carbocycles.